The first-order valence-corrected chi connectivity index (χ1v) is 11.9. The number of aryl methyl sites for hydroxylation is 1. The molecular weight excluding hydrogens is 474 g/mol. The number of nitrogens with one attached hydrogen (secondary N) is 1. The molecule has 1 aliphatic heterocycles. The van der Waals surface area contributed by atoms with Gasteiger partial charge < -0.3 is 18.6 Å². The number of rotatable bonds is 6. The van der Waals surface area contributed by atoms with Crippen molar-refractivity contribution in [1.29, 1.82) is 0 Å². The van der Waals surface area contributed by atoms with Crippen molar-refractivity contribution in [1.82, 2.24) is 4.72 Å². The van der Waals surface area contributed by atoms with Crippen LogP contribution < -0.4 is 19.8 Å². The summed E-state index contributed by atoms with van der Waals surface area (Å²) in [6, 6.07) is 8.65. The molecule has 0 amide bonds. The Balaban J connectivity index is 1.42. The lowest BCUT2D eigenvalue weighted by Gasteiger charge is -2.11. The normalized spacial score (nSPS) is 13.5. The van der Waals surface area contributed by atoms with Gasteiger partial charge in [-0.3, -0.25) is 4.79 Å². The maximum atomic E-state index is 12.6. The van der Waals surface area contributed by atoms with Gasteiger partial charge in [0.25, 0.3) is 0 Å². The molecule has 1 aromatic heterocycles. The molecule has 1 aliphatic rings. The van der Waals surface area contributed by atoms with Crippen LogP contribution in [0.4, 0.5) is 0 Å². The fourth-order valence-electron chi connectivity index (χ4n) is 3.22. The van der Waals surface area contributed by atoms with Crippen molar-refractivity contribution in [3.63, 3.8) is 0 Å². The Hall–Kier alpha value is -3.08. The van der Waals surface area contributed by atoms with Gasteiger partial charge in [-0.15, -0.1) is 0 Å². The van der Waals surface area contributed by atoms with Crippen LogP contribution in [0.3, 0.4) is 0 Å². The highest BCUT2D eigenvalue weighted by atomic mass is 35.5. The molecule has 11 heteroatoms. The average Bonchev–Trinajstić information content (AvgIpc) is 3.02. The summed E-state index contributed by atoms with van der Waals surface area (Å²) in [4.78, 5) is 24.0. The third-order valence-corrected chi connectivity index (χ3v) is 6.74. The Bertz CT molecular complexity index is 1380. The zero-order chi connectivity index (χ0) is 23.6. The van der Waals surface area contributed by atoms with E-state index < -0.39 is 28.2 Å². The van der Waals surface area contributed by atoms with Gasteiger partial charge in [0.1, 0.15) is 18.7 Å². The van der Waals surface area contributed by atoms with Crippen LogP contribution >= 0.6 is 11.6 Å². The molecule has 2 heterocycles. The summed E-state index contributed by atoms with van der Waals surface area (Å²) in [5.41, 5.74) is 0.823. The van der Waals surface area contributed by atoms with E-state index in [-0.39, 0.29) is 11.5 Å². The summed E-state index contributed by atoms with van der Waals surface area (Å²) in [6.07, 6.45) is 0.686. The van der Waals surface area contributed by atoms with Crippen molar-refractivity contribution in [2.75, 3.05) is 19.8 Å². The van der Waals surface area contributed by atoms with Crippen LogP contribution in [0.15, 0.2) is 50.5 Å². The average molecular weight is 494 g/mol. The molecule has 0 aliphatic carbocycles. The van der Waals surface area contributed by atoms with Gasteiger partial charge in [-0.1, -0.05) is 11.6 Å². The van der Waals surface area contributed by atoms with Crippen molar-refractivity contribution in [2.24, 2.45) is 0 Å². The molecule has 0 saturated carbocycles. The Kier molecular flexibility index (Phi) is 6.59. The van der Waals surface area contributed by atoms with Gasteiger partial charge in [-0.2, -0.15) is 4.72 Å². The van der Waals surface area contributed by atoms with Crippen molar-refractivity contribution >= 4 is 38.6 Å². The van der Waals surface area contributed by atoms with Crippen molar-refractivity contribution in [3.8, 4) is 11.5 Å². The lowest BCUT2D eigenvalue weighted by Crippen LogP contribution is -2.30. The molecule has 0 radical (unpaired) electrons. The van der Waals surface area contributed by atoms with E-state index in [1.165, 1.54) is 24.3 Å². The molecule has 33 heavy (non-hydrogen) atoms. The molecule has 0 spiro atoms. The predicted octanol–water partition coefficient (Wildman–Crippen LogP) is 2.94. The number of halogens is 1. The number of hydrogen-bond acceptors (Lipinski definition) is 8. The fourth-order valence-corrected chi connectivity index (χ4v) is 4.37. The minimum atomic E-state index is -4.00. The Morgan fingerprint density at radius 3 is 2.67 bits per heavy atom. The maximum Gasteiger partial charge on any atom is 0.336 e. The van der Waals surface area contributed by atoms with E-state index >= 15 is 0 Å². The first kappa shape index (κ1) is 23.1. The van der Waals surface area contributed by atoms with Gasteiger partial charge >= 0.3 is 11.6 Å². The predicted molar refractivity (Wildman–Crippen MR) is 119 cm³/mol. The first-order valence-electron chi connectivity index (χ1n) is 10.0. The number of sulfonamides is 1. The molecule has 9 nitrogen and oxygen atoms in total. The fraction of sp³-hybridized carbons (Fsp3) is 0.273. The van der Waals surface area contributed by atoms with Crippen LogP contribution in [-0.4, -0.2) is 34.1 Å². The monoisotopic (exact) mass is 493 g/mol. The molecule has 0 fully saturated rings. The number of benzene rings is 2. The summed E-state index contributed by atoms with van der Waals surface area (Å²) in [5, 5.41) is 0.984. The smallest absolute Gasteiger partial charge is 0.336 e. The van der Waals surface area contributed by atoms with Crippen molar-refractivity contribution in [3.05, 3.63) is 63.0 Å². The summed E-state index contributed by atoms with van der Waals surface area (Å²) in [6.45, 7) is 1.80. The van der Waals surface area contributed by atoms with Crippen LogP contribution in [0, 0.1) is 6.92 Å². The molecule has 0 bridgehead atoms. The van der Waals surface area contributed by atoms with Gasteiger partial charge in [-0.05, 0) is 36.8 Å². The second kappa shape index (κ2) is 9.42. The lowest BCUT2D eigenvalue weighted by molar-refractivity contribution is -0.143. The standard InChI is InChI=1S/C22H20ClNO8S/c1-13-7-19-16(10-17(13)23)14(8-21(25)32-19)12-31-22(26)11-24-33(27,28)15-3-4-18-20(9-15)30-6-2-5-29-18/h3-4,7-10,24H,2,5-6,11-12H2,1H3. The molecule has 0 unspecified atom stereocenters. The molecule has 4 rings (SSSR count). The quantitative estimate of drug-likeness (QED) is 0.411. The summed E-state index contributed by atoms with van der Waals surface area (Å²) >= 11 is 6.15. The Morgan fingerprint density at radius 2 is 1.88 bits per heavy atom. The summed E-state index contributed by atoms with van der Waals surface area (Å²) in [7, 11) is -4.00. The number of carbonyl (C=O) groups is 1. The van der Waals surface area contributed by atoms with Gasteiger partial charge in [0.15, 0.2) is 11.5 Å². The van der Waals surface area contributed by atoms with Gasteiger partial charge in [-0.25, -0.2) is 13.2 Å². The van der Waals surface area contributed by atoms with E-state index in [9.17, 15) is 18.0 Å². The zero-order valence-electron chi connectivity index (χ0n) is 17.6. The molecular formula is C22H20ClNO8S. The molecule has 1 N–H and O–H groups in total. The SMILES string of the molecule is Cc1cc2oc(=O)cc(COC(=O)CNS(=O)(=O)c3ccc4c(c3)OCCCO4)c2cc1Cl. The van der Waals surface area contributed by atoms with Crippen molar-refractivity contribution < 1.29 is 31.8 Å². The number of fused-ring (bicyclic) bond motifs is 2. The van der Waals surface area contributed by atoms with E-state index in [4.69, 9.17) is 30.2 Å². The van der Waals surface area contributed by atoms with Gasteiger partial charge in [0.2, 0.25) is 10.0 Å². The number of carbonyl (C=O) groups excluding carboxylic acids is 1. The maximum absolute atomic E-state index is 12.6. The third-order valence-electron chi connectivity index (χ3n) is 4.93. The Labute approximate surface area is 194 Å². The zero-order valence-corrected chi connectivity index (χ0v) is 19.1. The Morgan fingerprint density at radius 1 is 1.12 bits per heavy atom. The van der Waals surface area contributed by atoms with Crippen LogP contribution in [0.25, 0.3) is 11.0 Å². The first-order chi connectivity index (χ1) is 15.7. The third kappa shape index (κ3) is 5.29. The second-order valence-electron chi connectivity index (χ2n) is 7.33. The van der Waals surface area contributed by atoms with Crippen molar-refractivity contribution in [2.45, 2.75) is 24.8 Å². The highest BCUT2D eigenvalue weighted by Crippen LogP contribution is 2.32. The van der Waals surface area contributed by atoms with Crippen LogP contribution in [0.5, 0.6) is 11.5 Å². The lowest BCUT2D eigenvalue weighted by atomic mass is 10.1. The molecule has 2 aromatic carbocycles. The molecule has 0 atom stereocenters. The molecule has 0 saturated heterocycles. The van der Waals surface area contributed by atoms with Crippen LogP contribution in [0.2, 0.25) is 5.02 Å². The van der Waals surface area contributed by atoms with E-state index in [2.05, 4.69) is 4.72 Å². The second-order valence-corrected chi connectivity index (χ2v) is 9.51. The summed E-state index contributed by atoms with van der Waals surface area (Å²) < 4.78 is 48.7. The van der Waals surface area contributed by atoms with E-state index in [1.807, 2.05) is 0 Å². The van der Waals surface area contributed by atoms with Crippen LogP contribution in [-0.2, 0) is 26.2 Å². The van der Waals surface area contributed by atoms with Crippen LogP contribution in [0.1, 0.15) is 17.5 Å². The number of esters is 1. The minimum absolute atomic E-state index is 0.0729. The summed E-state index contributed by atoms with van der Waals surface area (Å²) in [5.74, 6) is -0.0464. The van der Waals surface area contributed by atoms with E-state index in [0.717, 1.165) is 5.56 Å². The number of hydrogen-bond donors (Lipinski definition) is 1. The highest BCUT2D eigenvalue weighted by Gasteiger charge is 2.20. The molecule has 3 aromatic rings. The van der Waals surface area contributed by atoms with Gasteiger partial charge in [0.05, 0.1) is 18.1 Å². The van der Waals surface area contributed by atoms with E-state index in [1.54, 1.807) is 19.1 Å². The largest absolute Gasteiger partial charge is 0.490 e. The van der Waals surface area contributed by atoms with E-state index in [0.29, 0.717) is 52.7 Å². The topological polar surface area (TPSA) is 121 Å². The number of ether oxygens (including phenoxy) is 3. The molecule has 174 valence electrons. The van der Waals surface area contributed by atoms with Gasteiger partial charge in [0, 0.05) is 34.5 Å². The minimum Gasteiger partial charge on any atom is -0.490 e. The highest BCUT2D eigenvalue weighted by molar-refractivity contribution is 7.89.